The molecular formula is C18H30BrNS. The van der Waals surface area contributed by atoms with E-state index >= 15 is 0 Å². The smallest absolute Gasteiger partial charge is 0.0701 e. The summed E-state index contributed by atoms with van der Waals surface area (Å²) in [5.41, 5.74) is 0. The summed E-state index contributed by atoms with van der Waals surface area (Å²) >= 11 is 5.48. The molecule has 1 aliphatic carbocycles. The van der Waals surface area contributed by atoms with Gasteiger partial charge in [0.1, 0.15) is 0 Å². The van der Waals surface area contributed by atoms with Crippen LogP contribution in [0.15, 0.2) is 15.9 Å². The summed E-state index contributed by atoms with van der Waals surface area (Å²) in [6.07, 6.45) is 11.2. The highest BCUT2D eigenvalue weighted by atomic mass is 79.9. The van der Waals surface area contributed by atoms with E-state index in [4.69, 9.17) is 0 Å². The van der Waals surface area contributed by atoms with Gasteiger partial charge in [-0.3, -0.25) is 0 Å². The van der Waals surface area contributed by atoms with Crippen LogP contribution in [0.25, 0.3) is 0 Å². The number of unbranched alkanes of at least 4 members (excludes halogenated alkanes) is 1. The van der Waals surface area contributed by atoms with Gasteiger partial charge in [-0.1, -0.05) is 46.0 Å². The lowest BCUT2D eigenvalue weighted by atomic mass is 9.76. The Bertz CT molecular complexity index is 396. The van der Waals surface area contributed by atoms with Gasteiger partial charge in [0.15, 0.2) is 0 Å². The summed E-state index contributed by atoms with van der Waals surface area (Å²) in [5, 5.41) is 3.76. The predicted molar refractivity (Wildman–Crippen MR) is 98.2 cm³/mol. The molecule has 0 spiro atoms. The molecule has 0 aliphatic heterocycles. The van der Waals surface area contributed by atoms with Crippen molar-refractivity contribution >= 4 is 27.3 Å². The molecule has 1 fully saturated rings. The van der Waals surface area contributed by atoms with Crippen LogP contribution in [0.1, 0.15) is 63.7 Å². The van der Waals surface area contributed by atoms with Gasteiger partial charge in [-0.05, 0) is 65.7 Å². The zero-order valence-electron chi connectivity index (χ0n) is 13.5. The van der Waals surface area contributed by atoms with Crippen molar-refractivity contribution in [1.82, 2.24) is 5.32 Å². The molecule has 1 saturated carbocycles. The second-order valence-corrected chi connectivity index (χ2v) is 9.04. The Morgan fingerprint density at radius 3 is 2.57 bits per heavy atom. The van der Waals surface area contributed by atoms with Crippen molar-refractivity contribution in [3.05, 3.63) is 20.8 Å². The van der Waals surface area contributed by atoms with Crippen LogP contribution in [-0.2, 0) is 6.42 Å². The summed E-state index contributed by atoms with van der Waals surface area (Å²) < 4.78 is 1.26. The van der Waals surface area contributed by atoms with Crippen LogP contribution in [0.4, 0.5) is 0 Å². The summed E-state index contributed by atoms with van der Waals surface area (Å²) in [5.74, 6) is 1.89. The molecule has 1 heterocycles. The molecule has 1 nitrogen and oxygen atoms in total. The summed E-state index contributed by atoms with van der Waals surface area (Å²) in [6.45, 7) is 5.64. The van der Waals surface area contributed by atoms with E-state index in [9.17, 15) is 0 Å². The maximum Gasteiger partial charge on any atom is 0.0701 e. The van der Waals surface area contributed by atoms with Crippen molar-refractivity contribution in [3.63, 3.8) is 0 Å². The molecule has 0 saturated heterocycles. The number of hydrogen-bond acceptors (Lipinski definition) is 2. The van der Waals surface area contributed by atoms with E-state index in [0.717, 1.165) is 18.4 Å². The summed E-state index contributed by atoms with van der Waals surface area (Å²) in [7, 11) is 0. The average molecular weight is 372 g/mol. The van der Waals surface area contributed by atoms with Gasteiger partial charge in [0.25, 0.3) is 0 Å². The van der Waals surface area contributed by atoms with E-state index < -0.39 is 0 Å². The number of likely N-dealkylation sites (N-methyl/N-ethyl adjacent to an activating group) is 1. The first kappa shape index (κ1) is 17.5. The largest absolute Gasteiger partial charge is 0.314 e. The van der Waals surface area contributed by atoms with Crippen molar-refractivity contribution in [2.24, 2.45) is 11.8 Å². The van der Waals surface area contributed by atoms with Crippen LogP contribution in [0.3, 0.4) is 0 Å². The minimum absolute atomic E-state index is 0.674. The lowest BCUT2D eigenvalue weighted by Gasteiger charge is -2.34. The monoisotopic (exact) mass is 371 g/mol. The predicted octanol–water partition coefficient (Wildman–Crippen LogP) is 6.03. The van der Waals surface area contributed by atoms with Gasteiger partial charge in [0.05, 0.1) is 3.79 Å². The molecule has 2 rings (SSSR count). The first-order chi connectivity index (χ1) is 10.2. The van der Waals surface area contributed by atoms with Crippen molar-refractivity contribution < 1.29 is 0 Å². The van der Waals surface area contributed by atoms with Crippen molar-refractivity contribution in [3.8, 4) is 0 Å². The zero-order chi connectivity index (χ0) is 15.1. The Morgan fingerprint density at radius 2 is 2.00 bits per heavy atom. The second kappa shape index (κ2) is 9.32. The number of hydrogen-bond donors (Lipinski definition) is 1. The van der Waals surface area contributed by atoms with Gasteiger partial charge in [0, 0.05) is 10.9 Å². The van der Waals surface area contributed by atoms with E-state index in [1.807, 2.05) is 11.3 Å². The van der Waals surface area contributed by atoms with Gasteiger partial charge in [-0.15, -0.1) is 11.3 Å². The number of halogens is 1. The first-order valence-corrected chi connectivity index (χ1v) is 10.3. The highest BCUT2D eigenvalue weighted by Crippen LogP contribution is 2.35. The quantitative estimate of drug-likeness (QED) is 0.588. The van der Waals surface area contributed by atoms with Crippen LogP contribution in [-0.4, -0.2) is 12.6 Å². The fourth-order valence-corrected chi connectivity index (χ4v) is 5.26. The molecular weight excluding hydrogens is 342 g/mol. The van der Waals surface area contributed by atoms with Crippen molar-refractivity contribution in [2.45, 2.75) is 71.3 Å². The Balaban J connectivity index is 1.84. The molecule has 3 heteroatoms. The van der Waals surface area contributed by atoms with Gasteiger partial charge in [-0.2, -0.15) is 0 Å². The first-order valence-electron chi connectivity index (χ1n) is 8.70. The van der Waals surface area contributed by atoms with Gasteiger partial charge in [-0.25, -0.2) is 0 Å². The van der Waals surface area contributed by atoms with Gasteiger partial charge in [0.2, 0.25) is 0 Å². The van der Waals surface area contributed by atoms with Crippen molar-refractivity contribution in [2.75, 3.05) is 6.54 Å². The molecule has 0 amide bonds. The zero-order valence-corrected chi connectivity index (χ0v) is 15.9. The third-order valence-electron chi connectivity index (χ3n) is 4.94. The SMILES string of the molecule is CCCCC1CCC(C(Cc2ccc(Br)s2)NCC)CC1. The lowest BCUT2D eigenvalue weighted by molar-refractivity contribution is 0.213. The van der Waals surface area contributed by atoms with Crippen LogP contribution < -0.4 is 5.32 Å². The van der Waals surface area contributed by atoms with E-state index in [1.54, 1.807) is 0 Å². The molecule has 0 radical (unpaired) electrons. The van der Waals surface area contributed by atoms with Crippen LogP contribution in [0, 0.1) is 11.8 Å². The van der Waals surface area contributed by atoms with Crippen LogP contribution in [0.5, 0.6) is 0 Å². The Hall–Kier alpha value is 0.140. The van der Waals surface area contributed by atoms with E-state index in [-0.39, 0.29) is 0 Å². The van der Waals surface area contributed by atoms with E-state index in [1.165, 1.54) is 60.0 Å². The molecule has 1 aromatic heterocycles. The fraction of sp³-hybridized carbons (Fsp3) is 0.778. The minimum atomic E-state index is 0.674. The highest BCUT2D eigenvalue weighted by molar-refractivity contribution is 9.11. The summed E-state index contributed by atoms with van der Waals surface area (Å²) in [6, 6.07) is 5.14. The van der Waals surface area contributed by atoms with Gasteiger partial charge >= 0.3 is 0 Å². The molecule has 1 unspecified atom stereocenters. The van der Waals surface area contributed by atoms with Crippen LogP contribution in [0.2, 0.25) is 0 Å². The topological polar surface area (TPSA) is 12.0 Å². The molecule has 120 valence electrons. The molecule has 0 aromatic carbocycles. The standard InChI is InChI=1S/C18H30BrNS/c1-3-5-6-14-7-9-15(10-8-14)17(20-4-2)13-16-11-12-18(19)21-16/h11-12,14-15,17,20H,3-10,13H2,1-2H3. The summed E-state index contributed by atoms with van der Waals surface area (Å²) in [4.78, 5) is 1.51. The minimum Gasteiger partial charge on any atom is -0.314 e. The third kappa shape index (κ3) is 5.69. The van der Waals surface area contributed by atoms with Crippen LogP contribution >= 0.6 is 27.3 Å². The number of thiophene rings is 1. The second-order valence-electron chi connectivity index (χ2n) is 6.50. The molecule has 1 aromatic rings. The normalized spacial score (nSPS) is 24.1. The third-order valence-corrected chi connectivity index (χ3v) is 6.59. The fourth-order valence-electron chi connectivity index (χ4n) is 3.72. The Kier molecular flexibility index (Phi) is 7.76. The maximum atomic E-state index is 3.76. The molecule has 1 atom stereocenters. The lowest BCUT2D eigenvalue weighted by Crippen LogP contribution is -2.39. The molecule has 0 bridgehead atoms. The average Bonchev–Trinajstić information content (AvgIpc) is 2.90. The van der Waals surface area contributed by atoms with E-state index in [0.29, 0.717) is 6.04 Å². The molecule has 1 aliphatic rings. The van der Waals surface area contributed by atoms with E-state index in [2.05, 4.69) is 47.2 Å². The number of nitrogens with one attached hydrogen (secondary N) is 1. The highest BCUT2D eigenvalue weighted by Gasteiger charge is 2.27. The van der Waals surface area contributed by atoms with Gasteiger partial charge < -0.3 is 5.32 Å². The maximum absolute atomic E-state index is 3.76. The van der Waals surface area contributed by atoms with Crippen molar-refractivity contribution in [1.29, 1.82) is 0 Å². The molecule has 1 N–H and O–H groups in total. The molecule has 21 heavy (non-hydrogen) atoms. The number of rotatable bonds is 8. The Morgan fingerprint density at radius 1 is 1.24 bits per heavy atom. The Labute approximate surface area is 143 Å².